The van der Waals surface area contributed by atoms with E-state index >= 15 is 0 Å². The fourth-order valence-corrected chi connectivity index (χ4v) is 3.48. The van der Waals surface area contributed by atoms with Gasteiger partial charge in [0.05, 0.1) is 0 Å². The first-order valence-electron chi connectivity index (χ1n) is 5.04. The normalized spacial score (nSPS) is 18.5. The first kappa shape index (κ1) is 11.3. The second-order valence-corrected chi connectivity index (χ2v) is 6.32. The highest BCUT2D eigenvalue weighted by atomic mass is 79.9. The molecule has 1 fully saturated rings. The lowest BCUT2D eigenvalue weighted by molar-refractivity contribution is 0.382. The van der Waals surface area contributed by atoms with Crippen LogP contribution in [0.5, 0.6) is 0 Å². The molecule has 0 aromatic heterocycles. The number of halogens is 1. The second kappa shape index (κ2) is 5.23. The number of rotatable bonds is 4. The minimum atomic E-state index is -0.719. The molecule has 1 aliphatic heterocycles. The molecule has 2 rings (SSSR count). The summed E-state index contributed by atoms with van der Waals surface area (Å²) >= 11 is 3.42. The highest BCUT2D eigenvalue weighted by Crippen LogP contribution is 2.14. The van der Waals surface area contributed by atoms with Gasteiger partial charge in [0, 0.05) is 39.9 Å². The lowest BCUT2D eigenvalue weighted by atomic mass is 10.1. The molecule has 0 spiro atoms. The van der Waals surface area contributed by atoms with Gasteiger partial charge in [-0.05, 0) is 23.6 Å². The average Bonchev–Trinajstić information content (AvgIpc) is 2.11. The minimum absolute atomic E-state index is 0.623. The van der Waals surface area contributed by atoms with Crippen molar-refractivity contribution < 1.29 is 4.21 Å². The Morgan fingerprint density at radius 1 is 1.47 bits per heavy atom. The zero-order valence-electron chi connectivity index (χ0n) is 8.41. The van der Waals surface area contributed by atoms with Crippen LogP contribution >= 0.6 is 15.9 Å². The van der Waals surface area contributed by atoms with Crippen molar-refractivity contribution in [3.05, 3.63) is 34.3 Å². The largest absolute Gasteiger partial charge is 0.316 e. The van der Waals surface area contributed by atoms with Crippen LogP contribution in [0.3, 0.4) is 0 Å². The van der Waals surface area contributed by atoms with E-state index in [2.05, 4.69) is 21.2 Å². The highest BCUT2D eigenvalue weighted by molar-refractivity contribution is 9.10. The molecule has 1 atom stereocenters. The zero-order chi connectivity index (χ0) is 10.7. The summed E-state index contributed by atoms with van der Waals surface area (Å²) in [6, 6.07) is 8.04. The third-order valence-electron chi connectivity index (χ3n) is 2.50. The smallest absolute Gasteiger partial charge is 0.0486 e. The summed E-state index contributed by atoms with van der Waals surface area (Å²) in [6.07, 6.45) is 0. The van der Waals surface area contributed by atoms with Crippen molar-refractivity contribution in [3.8, 4) is 0 Å². The Balaban J connectivity index is 1.87. The lowest BCUT2D eigenvalue weighted by Gasteiger charge is -2.26. The van der Waals surface area contributed by atoms with Gasteiger partial charge >= 0.3 is 0 Å². The Kier molecular flexibility index (Phi) is 3.94. The molecule has 1 aromatic rings. The molecule has 1 aromatic carbocycles. The van der Waals surface area contributed by atoms with E-state index in [-0.39, 0.29) is 0 Å². The van der Waals surface area contributed by atoms with E-state index in [9.17, 15) is 4.21 Å². The zero-order valence-corrected chi connectivity index (χ0v) is 10.8. The number of nitrogens with one attached hydrogen (secondary N) is 1. The van der Waals surface area contributed by atoms with Crippen LogP contribution in [-0.2, 0) is 16.6 Å². The molecule has 0 aliphatic carbocycles. The van der Waals surface area contributed by atoms with E-state index in [4.69, 9.17) is 0 Å². The summed E-state index contributed by atoms with van der Waals surface area (Å²) in [6.45, 7) is 2.06. The molecule has 0 bridgehead atoms. The van der Waals surface area contributed by atoms with Crippen molar-refractivity contribution in [1.29, 1.82) is 0 Å². The van der Waals surface area contributed by atoms with Gasteiger partial charge in [-0.1, -0.05) is 28.1 Å². The van der Waals surface area contributed by atoms with Crippen molar-refractivity contribution in [3.63, 3.8) is 0 Å². The van der Waals surface area contributed by atoms with Gasteiger partial charge in [-0.2, -0.15) is 0 Å². The molecule has 2 nitrogen and oxygen atoms in total. The predicted octanol–water partition coefficient (Wildman–Crippen LogP) is 1.92. The molecule has 0 amide bonds. The molecule has 1 N–H and O–H groups in total. The summed E-state index contributed by atoms with van der Waals surface area (Å²) < 4.78 is 12.9. The Hall–Kier alpha value is -0.190. The molecule has 0 saturated carbocycles. The maximum atomic E-state index is 11.8. The van der Waals surface area contributed by atoms with Gasteiger partial charge in [0.2, 0.25) is 0 Å². The van der Waals surface area contributed by atoms with Gasteiger partial charge in [0.15, 0.2) is 0 Å². The third kappa shape index (κ3) is 3.40. The van der Waals surface area contributed by atoms with E-state index in [1.807, 2.05) is 24.3 Å². The quantitative estimate of drug-likeness (QED) is 0.917. The summed E-state index contributed by atoms with van der Waals surface area (Å²) in [5.41, 5.74) is 1.15. The summed E-state index contributed by atoms with van der Waals surface area (Å²) in [7, 11) is -0.719. The summed E-state index contributed by atoms with van der Waals surface area (Å²) in [5.74, 6) is 2.13. The molecule has 1 heterocycles. The summed E-state index contributed by atoms with van der Waals surface area (Å²) in [5, 5.41) is 3.20. The topological polar surface area (TPSA) is 29.1 Å². The van der Waals surface area contributed by atoms with Gasteiger partial charge in [-0.3, -0.25) is 4.21 Å². The van der Waals surface area contributed by atoms with Crippen molar-refractivity contribution in [2.75, 3.05) is 18.8 Å². The molecule has 82 valence electrons. The molecular formula is C11H14BrNOS. The van der Waals surface area contributed by atoms with Crippen molar-refractivity contribution in [1.82, 2.24) is 5.32 Å². The van der Waals surface area contributed by atoms with Gasteiger partial charge in [-0.25, -0.2) is 0 Å². The van der Waals surface area contributed by atoms with Crippen LogP contribution in [0.4, 0.5) is 0 Å². The molecule has 1 unspecified atom stereocenters. The van der Waals surface area contributed by atoms with Crippen LogP contribution in [0.2, 0.25) is 0 Å². The van der Waals surface area contributed by atoms with E-state index in [1.165, 1.54) is 0 Å². The average molecular weight is 288 g/mol. The SMILES string of the molecule is O=S(Cc1cccc(Br)c1)CC1CNC1. The molecular weight excluding hydrogens is 274 g/mol. The molecule has 1 aliphatic rings. The predicted molar refractivity (Wildman–Crippen MR) is 67.2 cm³/mol. The van der Waals surface area contributed by atoms with E-state index in [0.717, 1.165) is 28.9 Å². The summed E-state index contributed by atoms with van der Waals surface area (Å²) in [4.78, 5) is 0. The molecule has 1 saturated heterocycles. The van der Waals surface area contributed by atoms with Gasteiger partial charge < -0.3 is 5.32 Å². The molecule has 15 heavy (non-hydrogen) atoms. The van der Waals surface area contributed by atoms with Crippen LogP contribution in [0.1, 0.15) is 5.56 Å². The van der Waals surface area contributed by atoms with Gasteiger partial charge in [0.25, 0.3) is 0 Å². The second-order valence-electron chi connectivity index (χ2n) is 3.91. The first-order chi connectivity index (χ1) is 7.24. The maximum absolute atomic E-state index is 11.8. The standard InChI is InChI=1S/C11H14BrNOS/c12-11-3-1-2-9(4-11)7-15(14)8-10-5-13-6-10/h1-4,10,13H,5-8H2. The van der Waals surface area contributed by atoms with E-state index in [0.29, 0.717) is 11.7 Å². The maximum Gasteiger partial charge on any atom is 0.0486 e. The monoisotopic (exact) mass is 287 g/mol. The third-order valence-corrected chi connectivity index (χ3v) is 4.50. The Morgan fingerprint density at radius 2 is 2.27 bits per heavy atom. The van der Waals surface area contributed by atoms with Gasteiger partial charge in [-0.15, -0.1) is 0 Å². The van der Waals surface area contributed by atoms with Crippen molar-refractivity contribution in [2.24, 2.45) is 5.92 Å². The van der Waals surface area contributed by atoms with Crippen LogP contribution < -0.4 is 5.32 Å². The number of hydrogen-bond donors (Lipinski definition) is 1. The molecule has 4 heteroatoms. The van der Waals surface area contributed by atoms with Crippen LogP contribution in [0, 0.1) is 5.92 Å². The van der Waals surface area contributed by atoms with Crippen LogP contribution in [0.25, 0.3) is 0 Å². The van der Waals surface area contributed by atoms with Crippen molar-refractivity contribution in [2.45, 2.75) is 5.75 Å². The number of benzene rings is 1. The Bertz CT molecular complexity index is 365. The Morgan fingerprint density at radius 3 is 2.87 bits per heavy atom. The fraction of sp³-hybridized carbons (Fsp3) is 0.455. The van der Waals surface area contributed by atoms with Crippen LogP contribution in [-0.4, -0.2) is 23.1 Å². The minimum Gasteiger partial charge on any atom is -0.316 e. The van der Waals surface area contributed by atoms with Crippen LogP contribution in [0.15, 0.2) is 28.7 Å². The number of hydrogen-bond acceptors (Lipinski definition) is 2. The molecule has 0 radical (unpaired) electrons. The van der Waals surface area contributed by atoms with Crippen molar-refractivity contribution >= 4 is 26.7 Å². The van der Waals surface area contributed by atoms with Gasteiger partial charge in [0.1, 0.15) is 0 Å². The Labute approximate surface area is 101 Å². The van der Waals surface area contributed by atoms with E-state index in [1.54, 1.807) is 0 Å². The first-order valence-corrected chi connectivity index (χ1v) is 7.32. The lowest BCUT2D eigenvalue weighted by Crippen LogP contribution is -2.44. The highest BCUT2D eigenvalue weighted by Gasteiger charge is 2.19. The van der Waals surface area contributed by atoms with E-state index < -0.39 is 10.8 Å². The fourth-order valence-electron chi connectivity index (χ4n) is 1.60.